The Balaban J connectivity index is 1.74. The quantitative estimate of drug-likeness (QED) is 0.505. The highest BCUT2D eigenvalue weighted by Crippen LogP contribution is 2.30. The lowest BCUT2D eigenvalue weighted by molar-refractivity contribution is -0.121. The molecule has 1 heterocycles. The van der Waals surface area contributed by atoms with E-state index in [1.54, 1.807) is 18.2 Å². The topological polar surface area (TPSA) is 82.2 Å². The van der Waals surface area contributed by atoms with Gasteiger partial charge in [-0.15, -0.1) is 0 Å². The van der Waals surface area contributed by atoms with E-state index in [9.17, 15) is 13.2 Å². The molecule has 170 valence electrons. The van der Waals surface area contributed by atoms with E-state index in [1.165, 1.54) is 11.4 Å². The second kappa shape index (κ2) is 11.7. The molecule has 1 aliphatic heterocycles. The number of amides is 1. The third-order valence-electron chi connectivity index (χ3n) is 5.16. The molecule has 0 bridgehead atoms. The van der Waals surface area contributed by atoms with Crippen LogP contribution in [-0.2, 0) is 14.8 Å². The van der Waals surface area contributed by atoms with Crippen molar-refractivity contribution in [2.45, 2.75) is 19.3 Å². The highest BCUT2D eigenvalue weighted by molar-refractivity contribution is 7.92. The number of nitrogens with one attached hydrogen (secondary N) is 1. The Bertz CT molecular complexity index is 798. The van der Waals surface area contributed by atoms with E-state index in [4.69, 9.17) is 16.3 Å². The number of methoxy groups -OCH3 is 1. The molecule has 1 aromatic rings. The Kier molecular flexibility index (Phi) is 9.67. The molecule has 2 rings (SSSR count). The summed E-state index contributed by atoms with van der Waals surface area (Å²) in [5, 5.41) is 3.26. The third kappa shape index (κ3) is 7.94. The van der Waals surface area contributed by atoms with Gasteiger partial charge in [0.25, 0.3) is 0 Å². The van der Waals surface area contributed by atoms with Gasteiger partial charge in [-0.05, 0) is 44.6 Å². The fraction of sp³-hybridized carbons (Fsp3) is 0.650. The number of hydrogen-bond donors (Lipinski definition) is 1. The number of anilines is 1. The molecular weight excluding hydrogens is 428 g/mol. The van der Waals surface area contributed by atoms with Crippen molar-refractivity contribution in [1.82, 2.24) is 15.1 Å². The molecule has 1 saturated heterocycles. The van der Waals surface area contributed by atoms with Crippen LogP contribution in [0.5, 0.6) is 5.75 Å². The minimum Gasteiger partial charge on any atom is -0.495 e. The summed E-state index contributed by atoms with van der Waals surface area (Å²) in [5.41, 5.74) is 0.455. The van der Waals surface area contributed by atoms with Crippen LogP contribution in [0.25, 0.3) is 0 Å². The highest BCUT2D eigenvalue weighted by Gasteiger charge is 2.19. The first-order valence-electron chi connectivity index (χ1n) is 10.2. The van der Waals surface area contributed by atoms with Gasteiger partial charge in [-0.2, -0.15) is 0 Å². The Hall–Kier alpha value is -1.55. The van der Waals surface area contributed by atoms with Gasteiger partial charge < -0.3 is 19.9 Å². The Labute approximate surface area is 185 Å². The summed E-state index contributed by atoms with van der Waals surface area (Å²) in [7, 11) is 0.133. The molecule has 8 nitrogen and oxygen atoms in total. The van der Waals surface area contributed by atoms with Gasteiger partial charge in [-0.1, -0.05) is 11.6 Å². The fourth-order valence-corrected chi connectivity index (χ4v) is 4.58. The van der Waals surface area contributed by atoms with Crippen molar-refractivity contribution in [3.05, 3.63) is 23.2 Å². The first-order valence-corrected chi connectivity index (χ1v) is 12.4. The van der Waals surface area contributed by atoms with E-state index in [-0.39, 0.29) is 18.9 Å². The Morgan fingerprint density at radius 3 is 2.53 bits per heavy atom. The summed E-state index contributed by atoms with van der Waals surface area (Å²) in [6.45, 7) is 6.13. The smallest absolute Gasteiger partial charge is 0.232 e. The number of sulfonamides is 1. The summed E-state index contributed by atoms with van der Waals surface area (Å²) in [4.78, 5) is 16.8. The first-order chi connectivity index (χ1) is 14.2. The third-order valence-corrected chi connectivity index (χ3v) is 6.65. The lowest BCUT2D eigenvalue weighted by atomic mass is 10.2. The van der Waals surface area contributed by atoms with Crippen LogP contribution in [0.1, 0.15) is 19.3 Å². The molecule has 1 fully saturated rings. The average Bonchev–Trinajstić information content (AvgIpc) is 2.69. The van der Waals surface area contributed by atoms with Gasteiger partial charge in [0, 0.05) is 45.7 Å². The van der Waals surface area contributed by atoms with Crippen molar-refractivity contribution in [2.24, 2.45) is 0 Å². The number of ether oxygens (including phenoxy) is 1. The number of rotatable bonds is 11. The summed E-state index contributed by atoms with van der Waals surface area (Å²) >= 11 is 6.13. The van der Waals surface area contributed by atoms with E-state index in [2.05, 4.69) is 22.2 Å². The fourth-order valence-electron chi connectivity index (χ4n) is 3.37. The van der Waals surface area contributed by atoms with E-state index >= 15 is 0 Å². The van der Waals surface area contributed by atoms with Gasteiger partial charge in [0.2, 0.25) is 15.9 Å². The second-order valence-corrected chi connectivity index (χ2v) is 9.92. The summed E-state index contributed by atoms with van der Waals surface area (Å²) < 4.78 is 30.8. The number of halogens is 1. The number of benzene rings is 1. The molecule has 0 spiro atoms. The van der Waals surface area contributed by atoms with Crippen molar-refractivity contribution in [2.75, 3.05) is 70.5 Å². The van der Waals surface area contributed by atoms with Gasteiger partial charge in [0.05, 0.1) is 24.1 Å². The maximum Gasteiger partial charge on any atom is 0.232 e. The molecule has 1 N–H and O–H groups in total. The monoisotopic (exact) mass is 460 g/mol. The lowest BCUT2D eigenvalue weighted by Crippen LogP contribution is -2.45. The van der Waals surface area contributed by atoms with E-state index in [1.807, 2.05) is 0 Å². The van der Waals surface area contributed by atoms with Gasteiger partial charge in [0.1, 0.15) is 5.75 Å². The minimum absolute atomic E-state index is 0.0606. The lowest BCUT2D eigenvalue weighted by Gasteiger charge is -2.32. The standard InChI is InChI=1S/C20H33ClN4O4S/c1-23-12-14-24(15-13-23)10-5-9-22-20(26)6-4-11-25(30(3,27)28)17-7-8-19(29-2)18(21)16-17/h7-8,16H,4-6,9-15H2,1-3H3,(H,22,26). The summed E-state index contributed by atoms with van der Waals surface area (Å²) in [6, 6.07) is 4.83. The van der Waals surface area contributed by atoms with Gasteiger partial charge >= 0.3 is 0 Å². The normalized spacial score (nSPS) is 15.7. The SMILES string of the molecule is COc1ccc(N(CCCC(=O)NCCCN2CCN(C)CC2)S(C)(=O)=O)cc1Cl. The molecule has 30 heavy (non-hydrogen) atoms. The van der Waals surface area contributed by atoms with E-state index in [0.29, 0.717) is 29.4 Å². The largest absolute Gasteiger partial charge is 0.495 e. The molecule has 1 amide bonds. The zero-order valence-corrected chi connectivity index (χ0v) is 19.6. The number of likely N-dealkylation sites (N-methyl/N-ethyl adjacent to an activating group) is 1. The van der Waals surface area contributed by atoms with Crippen molar-refractivity contribution < 1.29 is 17.9 Å². The van der Waals surface area contributed by atoms with Crippen LogP contribution in [0.4, 0.5) is 5.69 Å². The van der Waals surface area contributed by atoms with Gasteiger partial charge in [-0.25, -0.2) is 8.42 Å². The van der Waals surface area contributed by atoms with E-state index in [0.717, 1.165) is 45.4 Å². The Morgan fingerprint density at radius 2 is 1.93 bits per heavy atom. The van der Waals surface area contributed by atoms with Crippen LogP contribution in [0, 0.1) is 0 Å². The molecule has 0 saturated carbocycles. The molecule has 0 aliphatic carbocycles. The zero-order chi connectivity index (χ0) is 22.1. The Morgan fingerprint density at radius 1 is 1.23 bits per heavy atom. The summed E-state index contributed by atoms with van der Waals surface area (Å²) in [6.07, 6.45) is 2.74. The minimum atomic E-state index is -3.50. The maximum atomic E-state index is 12.2. The highest BCUT2D eigenvalue weighted by atomic mass is 35.5. The second-order valence-electron chi connectivity index (χ2n) is 7.61. The molecule has 0 atom stereocenters. The molecule has 10 heteroatoms. The van der Waals surface area contributed by atoms with Crippen LogP contribution in [0.3, 0.4) is 0 Å². The first kappa shape index (κ1) is 24.7. The van der Waals surface area contributed by atoms with Crippen LogP contribution in [0.15, 0.2) is 18.2 Å². The van der Waals surface area contributed by atoms with Crippen LogP contribution in [0.2, 0.25) is 5.02 Å². The molecule has 1 aliphatic rings. The predicted octanol–water partition coefficient (Wildman–Crippen LogP) is 1.65. The van der Waals surface area contributed by atoms with Crippen molar-refractivity contribution in [3.8, 4) is 5.75 Å². The van der Waals surface area contributed by atoms with Crippen molar-refractivity contribution in [1.29, 1.82) is 0 Å². The van der Waals surface area contributed by atoms with E-state index < -0.39 is 10.0 Å². The van der Waals surface area contributed by atoms with Crippen LogP contribution in [-0.4, -0.2) is 90.4 Å². The number of carbonyl (C=O) groups excluding carboxylic acids is 1. The van der Waals surface area contributed by atoms with Crippen molar-refractivity contribution >= 4 is 33.2 Å². The molecule has 0 aromatic heterocycles. The van der Waals surface area contributed by atoms with Crippen molar-refractivity contribution in [3.63, 3.8) is 0 Å². The average molecular weight is 461 g/mol. The maximum absolute atomic E-state index is 12.2. The zero-order valence-electron chi connectivity index (χ0n) is 18.1. The molecule has 0 unspecified atom stereocenters. The molecular formula is C20H33ClN4O4S. The number of hydrogen-bond acceptors (Lipinski definition) is 6. The van der Waals surface area contributed by atoms with Gasteiger partial charge in [0.15, 0.2) is 0 Å². The van der Waals surface area contributed by atoms with Crippen LogP contribution >= 0.6 is 11.6 Å². The number of nitrogens with zero attached hydrogens (tertiary/aromatic N) is 3. The van der Waals surface area contributed by atoms with Crippen LogP contribution < -0.4 is 14.4 Å². The van der Waals surface area contributed by atoms with Gasteiger partial charge in [-0.3, -0.25) is 9.10 Å². The predicted molar refractivity (Wildman–Crippen MR) is 121 cm³/mol. The number of piperazine rings is 1. The number of carbonyl (C=O) groups is 1. The molecule has 0 radical (unpaired) electrons. The summed E-state index contributed by atoms with van der Waals surface area (Å²) in [5.74, 6) is 0.416. The molecule has 1 aromatic carbocycles.